The van der Waals surface area contributed by atoms with Gasteiger partial charge in [0.25, 0.3) is 0 Å². The van der Waals surface area contributed by atoms with Crippen LogP contribution in [-0.2, 0) is 4.79 Å². The summed E-state index contributed by atoms with van der Waals surface area (Å²) in [6.07, 6.45) is 3.96. The first-order chi connectivity index (χ1) is 8.65. The van der Waals surface area contributed by atoms with E-state index < -0.39 is 0 Å². The van der Waals surface area contributed by atoms with Crippen molar-refractivity contribution in [3.05, 3.63) is 28.2 Å². The van der Waals surface area contributed by atoms with Crippen molar-refractivity contribution in [3.8, 4) is 0 Å². The van der Waals surface area contributed by atoms with Gasteiger partial charge in [0.1, 0.15) is 0 Å². The Balaban J connectivity index is 1.82. The molecule has 0 spiro atoms. The molecule has 0 aliphatic carbocycles. The first-order valence-electron chi connectivity index (χ1n) is 6.44. The van der Waals surface area contributed by atoms with Crippen LogP contribution in [0.1, 0.15) is 31.2 Å². The van der Waals surface area contributed by atoms with Crippen molar-refractivity contribution < 1.29 is 4.79 Å². The van der Waals surface area contributed by atoms with Gasteiger partial charge in [0.05, 0.1) is 0 Å². The van der Waals surface area contributed by atoms with Crippen molar-refractivity contribution in [2.24, 2.45) is 0 Å². The number of carbonyl (C=O) groups is 1. The fourth-order valence-corrected chi connectivity index (χ4v) is 2.76. The monoisotopic (exact) mass is 310 g/mol. The van der Waals surface area contributed by atoms with Crippen LogP contribution >= 0.6 is 15.9 Å². The lowest BCUT2D eigenvalue weighted by molar-refractivity contribution is -0.116. The topological polar surface area (TPSA) is 41.1 Å². The molecule has 18 heavy (non-hydrogen) atoms. The van der Waals surface area contributed by atoms with E-state index in [2.05, 4.69) is 26.6 Å². The maximum atomic E-state index is 11.9. The highest BCUT2D eigenvalue weighted by molar-refractivity contribution is 9.10. The van der Waals surface area contributed by atoms with E-state index in [-0.39, 0.29) is 5.91 Å². The minimum absolute atomic E-state index is 0.106. The highest BCUT2D eigenvalue weighted by Crippen LogP contribution is 2.20. The Hall–Kier alpha value is -0.870. The Bertz CT molecular complexity index is 428. The normalized spacial score (nSPS) is 18.9. The maximum absolute atomic E-state index is 11.9. The van der Waals surface area contributed by atoms with Gasteiger partial charge in [-0.1, -0.05) is 15.9 Å². The molecule has 0 bridgehead atoms. The third kappa shape index (κ3) is 3.82. The third-order valence-corrected chi connectivity index (χ3v) is 3.84. The Morgan fingerprint density at radius 1 is 1.56 bits per heavy atom. The van der Waals surface area contributed by atoms with Gasteiger partial charge in [-0.3, -0.25) is 4.79 Å². The summed E-state index contributed by atoms with van der Waals surface area (Å²) in [4.78, 5) is 11.9. The zero-order valence-corrected chi connectivity index (χ0v) is 12.2. The van der Waals surface area contributed by atoms with Crippen LogP contribution < -0.4 is 10.6 Å². The largest absolute Gasteiger partial charge is 0.326 e. The smallest absolute Gasteiger partial charge is 0.224 e. The number of rotatable bonds is 4. The molecule has 1 saturated heterocycles. The molecule has 2 N–H and O–H groups in total. The number of benzene rings is 1. The third-order valence-electron chi connectivity index (χ3n) is 3.34. The molecule has 1 fully saturated rings. The first kappa shape index (κ1) is 13.6. The minimum atomic E-state index is 0.106. The Morgan fingerprint density at radius 2 is 2.39 bits per heavy atom. The summed E-state index contributed by atoms with van der Waals surface area (Å²) in [5, 5.41) is 6.38. The quantitative estimate of drug-likeness (QED) is 0.896. The van der Waals surface area contributed by atoms with Crippen LogP contribution in [-0.4, -0.2) is 18.5 Å². The summed E-state index contributed by atoms with van der Waals surface area (Å²) in [6, 6.07) is 6.42. The molecule has 1 aromatic rings. The molecule has 1 aliphatic rings. The van der Waals surface area contributed by atoms with Crippen molar-refractivity contribution in [1.82, 2.24) is 5.32 Å². The summed E-state index contributed by atoms with van der Waals surface area (Å²) in [5.41, 5.74) is 1.99. The first-order valence-corrected chi connectivity index (χ1v) is 7.24. The lowest BCUT2D eigenvalue weighted by Crippen LogP contribution is -2.23. The number of nitrogens with one attached hydrogen (secondary N) is 2. The summed E-state index contributed by atoms with van der Waals surface area (Å²) in [7, 11) is 0. The molecule has 2 rings (SSSR count). The average Bonchev–Trinajstić information content (AvgIpc) is 2.83. The number of hydrogen-bond donors (Lipinski definition) is 2. The number of halogens is 1. The fraction of sp³-hybridized carbons (Fsp3) is 0.500. The zero-order chi connectivity index (χ0) is 13.0. The summed E-state index contributed by atoms with van der Waals surface area (Å²) in [6.45, 7) is 3.09. The van der Waals surface area contributed by atoms with Crippen molar-refractivity contribution in [3.63, 3.8) is 0 Å². The number of anilines is 1. The van der Waals surface area contributed by atoms with E-state index in [0.29, 0.717) is 12.5 Å². The average molecular weight is 311 g/mol. The van der Waals surface area contributed by atoms with E-state index in [1.54, 1.807) is 0 Å². The van der Waals surface area contributed by atoms with Crippen LogP contribution in [0.5, 0.6) is 0 Å². The van der Waals surface area contributed by atoms with E-state index in [9.17, 15) is 4.79 Å². The molecule has 3 nitrogen and oxygen atoms in total. The van der Waals surface area contributed by atoms with E-state index in [0.717, 1.165) is 28.7 Å². The second-order valence-corrected chi connectivity index (χ2v) is 5.76. The van der Waals surface area contributed by atoms with Gasteiger partial charge in [0, 0.05) is 22.6 Å². The second-order valence-electron chi connectivity index (χ2n) is 4.84. The molecule has 0 saturated carbocycles. The van der Waals surface area contributed by atoms with Crippen molar-refractivity contribution in [2.45, 2.75) is 38.6 Å². The van der Waals surface area contributed by atoms with E-state index in [1.165, 1.54) is 12.8 Å². The van der Waals surface area contributed by atoms with Gasteiger partial charge >= 0.3 is 0 Å². The predicted molar refractivity (Wildman–Crippen MR) is 77.8 cm³/mol. The van der Waals surface area contributed by atoms with E-state index in [4.69, 9.17) is 0 Å². The van der Waals surface area contributed by atoms with Crippen molar-refractivity contribution in [2.75, 3.05) is 11.9 Å². The van der Waals surface area contributed by atoms with Gasteiger partial charge in [0.2, 0.25) is 5.91 Å². The lowest BCUT2D eigenvalue weighted by atomic mass is 10.1. The molecule has 1 amide bonds. The van der Waals surface area contributed by atoms with Crippen molar-refractivity contribution >= 4 is 27.5 Å². The molecular formula is C14H19BrN2O. The fourth-order valence-electron chi connectivity index (χ4n) is 2.29. The SMILES string of the molecule is Cc1cc(Br)ccc1NC(=O)CCC1CCCN1. The standard InChI is InChI=1S/C14H19BrN2O/c1-10-9-11(15)4-6-13(10)17-14(18)7-5-12-3-2-8-16-12/h4,6,9,12,16H,2-3,5,7-8H2,1H3,(H,17,18). The molecule has 1 heterocycles. The van der Waals surface area contributed by atoms with Crippen LogP contribution in [0, 0.1) is 6.92 Å². The maximum Gasteiger partial charge on any atom is 0.224 e. The van der Waals surface area contributed by atoms with Crippen LogP contribution in [0.3, 0.4) is 0 Å². The van der Waals surface area contributed by atoms with Crippen LogP contribution in [0.15, 0.2) is 22.7 Å². The molecular weight excluding hydrogens is 292 g/mol. The number of hydrogen-bond acceptors (Lipinski definition) is 2. The van der Waals surface area contributed by atoms with Crippen molar-refractivity contribution in [1.29, 1.82) is 0 Å². The van der Waals surface area contributed by atoms with Gasteiger partial charge in [0.15, 0.2) is 0 Å². The summed E-state index contributed by atoms with van der Waals surface area (Å²) >= 11 is 3.42. The van der Waals surface area contributed by atoms with E-state index in [1.807, 2.05) is 25.1 Å². The van der Waals surface area contributed by atoms with Gasteiger partial charge in [-0.05, 0) is 56.5 Å². The number of amides is 1. The second kappa shape index (κ2) is 6.34. The van der Waals surface area contributed by atoms with Crippen LogP contribution in [0.25, 0.3) is 0 Å². The van der Waals surface area contributed by atoms with Gasteiger partial charge in [-0.25, -0.2) is 0 Å². The Morgan fingerprint density at radius 3 is 3.06 bits per heavy atom. The number of aryl methyl sites for hydroxylation is 1. The number of carbonyl (C=O) groups excluding carboxylic acids is 1. The van der Waals surface area contributed by atoms with Gasteiger partial charge < -0.3 is 10.6 Å². The summed E-state index contributed by atoms with van der Waals surface area (Å²) < 4.78 is 1.04. The van der Waals surface area contributed by atoms with E-state index >= 15 is 0 Å². The van der Waals surface area contributed by atoms with Gasteiger partial charge in [-0.15, -0.1) is 0 Å². The molecule has 98 valence electrons. The lowest BCUT2D eigenvalue weighted by Gasteiger charge is -2.11. The molecule has 0 aromatic heterocycles. The van der Waals surface area contributed by atoms with Crippen LogP contribution in [0.4, 0.5) is 5.69 Å². The zero-order valence-electron chi connectivity index (χ0n) is 10.6. The molecule has 1 unspecified atom stereocenters. The predicted octanol–water partition coefficient (Wildman–Crippen LogP) is 3.23. The Labute approximate surface area is 116 Å². The molecule has 1 aromatic carbocycles. The highest BCUT2D eigenvalue weighted by Gasteiger charge is 2.15. The summed E-state index contributed by atoms with van der Waals surface area (Å²) in [5.74, 6) is 0.106. The molecule has 4 heteroatoms. The molecule has 0 radical (unpaired) electrons. The Kier molecular flexibility index (Phi) is 4.78. The minimum Gasteiger partial charge on any atom is -0.326 e. The van der Waals surface area contributed by atoms with Gasteiger partial charge in [-0.2, -0.15) is 0 Å². The van der Waals surface area contributed by atoms with Crippen LogP contribution in [0.2, 0.25) is 0 Å². The molecule has 1 aliphatic heterocycles. The molecule has 1 atom stereocenters. The highest BCUT2D eigenvalue weighted by atomic mass is 79.9.